The number of ether oxygens (including phenoxy) is 1. The Labute approximate surface area is 160 Å². The summed E-state index contributed by atoms with van der Waals surface area (Å²) in [6.45, 7) is 4.06. The zero-order valence-corrected chi connectivity index (χ0v) is 15.8. The molecule has 0 aliphatic heterocycles. The summed E-state index contributed by atoms with van der Waals surface area (Å²) in [5.74, 6) is 1.26. The maximum absolute atomic E-state index is 9.57. The summed E-state index contributed by atoms with van der Waals surface area (Å²) in [5.41, 5.74) is 3.50. The van der Waals surface area contributed by atoms with Crippen molar-refractivity contribution >= 4 is 0 Å². The molecule has 3 rings (SSSR count). The number of H-pyrrole nitrogens is 1. The third-order valence-electron chi connectivity index (χ3n) is 4.41. The molecule has 2 aromatic carbocycles. The summed E-state index contributed by atoms with van der Waals surface area (Å²) in [7, 11) is 2.12. The first kappa shape index (κ1) is 18.7. The normalized spacial score (nSPS) is 10.7. The molecule has 5 heteroatoms. The van der Waals surface area contributed by atoms with Gasteiger partial charge in [0.2, 0.25) is 0 Å². The minimum Gasteiger partial charge on any atom is -0.456 e. The average Bonchev–Trinajstić information content (AvgIpc) is 3.15. The molecule has 0 unspecified atom stereocenters. The van der Waals surface area contributed by atoms with Gasteiger partial charge in [-0.2, -0.15) is 10.4 Å². The molecule has 138 valence electrons. The van der Waals surface area contributed by atoms with Gasteiger partial charge in [-0.15, -0.1) is 0 Å². The molecule has 1 N–H and O–H groups in total. The van der Waals surface area contributed by atoms with Crippen LogP contribution in [-0.2, 0) is 6.54 Å². The van der Waals surface area contributed by atoms with Gasteiger partial charge in [-0.25, -0.2) is 0 Å². The number of para-hydroxylation sites is 1. The van der Waals surface area contributed by atoms with Crippen LogP contribution in [-0.4, -0.2) is 28.7 Å². The van der Waals surface area contributed by atoms with E-state index < -0.39 is 0 Å². The maximum Gasteiger partial charge on any atom is 0.145 e. The van der Waals surface area contributed by atoms with E-state index in [1.165, 1.54) is 12.8 Å². The SMILES string of the molecule is CCCCN(C)Cc1cn[nH]c1-c1ccc(Oc2ccccc2)c(C#N)c1. The van der Waals surface area contributed by atoms with Gasteiger partial charge >= 0.3 is 0 Å². The first-order valence-electron chi connectivity index (χ1n) is 9.19. The van der Waals surface area contributed by atoms with Gasteiger partial charge in [0.1, 0.15) is 17.6 Å². The maximum atomic E-state index is 9.57. The number of nitrogens with one attached hydrogen (secondary N) is 1. The molecule has 0 saturated heterocycles. The lowest BCUT2D eigenvalue weighted by atomic mass is 10.0. The molecule has 0 radical (unpaired) electrons. The van der Waals surface area contributed by atoms with Gasteiger partial charge in [0.25, 0.3) is 0 Å². The molecular formula is C22H24N4O. The molecule has 3 aromatic rings. The number of rotatable bonds is 8. The van der Waals surface area contributed by atoms with E-state index >= 15 is 0 Å². The van der Waals surface area contributed by atoms with Crippen LogP contribution in [0.5, 0.6) is 11.5 Å². The van der Waals surface area contributed by atoms with Crippen LogP contribution in [0.3, 0.4) is 0 Å². The highest BCUT2D eigenvalue weighted by molar-refractivity contribution is 5.67. The van der Waals surface area contributed by atoms with Crippen molar-refractivity contribution in [2.24, 2.45) is 0 Å². The molecule has 0 spiro atoms. The summed E-state index contributed by atoms with van der Waals surface area (Å²) >= 11 is 0. The van der Waals surface area contributed by atoms with Crippen molar-refractivity contribution in [2.75, 3.05) is 13.6 Å². The van der Waals surface area contributed by atoms with E-state index in [1.54, 1.807) is 0 Å². The second kappa shape index (κ2) is 9.02. The summed E-state index contributed by atoms with van der Waals surface area (Å²) in [4.78, 5) is 2.29. The van der Waals surface area contributed by atoms with E-state index in [9.17, 15) is 5.26 Å². The molecule has 1 heterocycles. The lowest BCUT2D eigenvalue weighted by Crippen LogP contribution is -2.19. The number of unbranched alkanes of at least 4 members (excludes halogenated alkanes) is 1. The van der Waals surface area contributed by atoms with Gasteiger partial charge in [-0.1, -0.05) is 31.5 Å². The van der Waals surface area contributed by atoms with E-state index in [2.05, 4.69) is 35.1 Å². The van der Waals surface area contributed by atoms with Crippen molar-refractivity contribution in [2.45, 2.75) is 26.3 Å². The van der Waals surface area contributed by atoms with Crippen LogP contribution in [0.4, 0.5) is 0 Å². The van der Waals surface area contributed by atoms with Crippen molar-refractivity contribution in [3.05, 3.63) is 65.9 Å². The molecular weight excluding hydrogens is 336 g/mol. The third-order valence-corrected chi connectivity index (χ3v) is 4.41. The number of nitriles is 1. The first-order valence-corrected chi connectivity index (χ1v) is 9.19. The second-order valence-corrected chi connectivity index (χ2v) is 6.60. The highest BCUT2D eigenvalue weighted by Crippen LogP contribution is 2.30. The summed E-state index contributed by atoms with van der Waals surface area (Å²) in [6.07, 6.45) is 4.21. The monoisotopic (exact) mass is 360 g/mol. The fraction of sp³-hybridized carbons (Fsp3) is 0.273. The summed E-state index contributed by atoms with van der Waals surface area (Å²) in [6, 6.07) is 17.4. The minimum absolute atomic E-state index is 0.497. The quantitative estimate of drug-likeness (QED) is 0.616. The number of nitrogens with zero attached hydrogens (tertiary/aromatic N) is 3. The summed E-state index contributed by atoms with van der Waals surface area (Å²) in [5, 5.41) is 16.9. The Morgan fingerprint density at radius 3 is 2.74 bits per heavy atom. The fourth-order valence-corrected chi connectivity index (χ4v) is 2.96. The van der Waals surface area contributed by atoms with E-state index in [4.69, 9.17) is 4.74 Å². The smallest absolute Gasteiger partial charge is 0.145 e. The Bertz CT molecular complexity index is 912. The van der Waals surface area contributed by atoms with Gasteiger partial charge in [0.15, 0.2) is 0 Å². The molecule has 0 aliphatic rings. The highest BCUT2D eigenvalue weighted by atomic mass is 16.5. The fourth-order valence-electron chi connectivity index (χ4n) is 2.96. The van der Waals surface area contributed by atoms with Crippen LogP contribution in [0.2, 0.25) is 0 Å². The Balaban J connectivity index is 1.82. The first-order chi connectivity index (χ1) is 13.2. The molecule has 0 aliphatic carbocycles. The molecule has 0 bridgehead atoms. The van der Waals surface area contributed by atoms with Gasteiger partial charge in [0.05, 0.1) is 17.5 Å². The minimum atomic E-state index is 0.497. The molecule has 0 atom stereocenters. The zero-order chi connectivity index (χ0) is 19.1. The largest absolute Gasteiger partial charge is 0.456 e. The summed E-state index contributed by atoms with van der Waals surface area (Å²) < 4.78 is 5.86. The van der Waals surface area contributed by atoms with Gasteiger partial charge in [-0.3, -0.25) is 5.10 Å². The van der Waals surface area contributed by atoms with E-state index in [-0.39, 0.29) is 0 Å². The predicted molar refractivity (Wildman–Crippen MR) is 106 cm³/mol. The van der Waals surface area contributed by atoms with E-state index in [1.807, 2.05) is 54.7 Å². The van der Waals surface area contributed by atoms with Crippen LogP contribution in [0.15, 0.2) is 54.7 Å². The second-order valence-electron chi connectivity index (χ2n) is 6.60. The molecule has 0 saturated carbocycles. The van der Waals surface area contributed by atoms with Crippen LogP contribution in [0, 0.1) is 11.3 Å². The topological polar surface area (TPSA) is 64.9 Å². The van der Waals surface area contributed by atoms with Crippen molar-refractivity contribution in [1.29, 1.82) is 5.26 Å². The van der Waals surface area contributed by atoms with Crippen LogP contribution < -0.4 is 4.74 Å². The Kier molecular flexibility index (Phi) is 6.24. The van der Waals surface area contributed by atoms with Crippen LogP contribution in [0.25, 0.3) is 11.3 Å². The number of aromatic amines is 1. The van der Waals surface area contributed by atoms with Crippen molar-refractivity contribution < 1.29 is 4.74 Å². The molecule has 27 heavy (non-hydrogen) atoms. The predicted octanol–water partition coefficient (Wildman–Crippen LogP) is 4.97. The molecule has 5 nitrogen and oxygen atoms in total. The standard InChI is InChI=1S/C22H24N4O/c1-3-4-12-26(2)16-19-15-24-25-22(19)17-10-11-21(18(13-17)14-23)27-20-8-6-5-7-9-20/h5-11,13,15H,3-4,12,16H2,1-2H3,(H,24,25). The van der Waals surface area contributed by atoms with Gasteiger partial charge in [-0.05, 0) is 50.3 Å². The van der Waals surface area contributed by atoms with E-state index in [0.717, 1.165) is 29.9 Å². The lowest BCUT2D eigenvalue weighted by Gasteiger charge is -2.16. The number of hydrogen-bond acceptors (Lipinski definition) is 4. The zero-order valence-electron chi connectivity index (χ0n) is 15.8. The van der Waals surface area contributed by atoms with Gasteiger partial charge < -0.3 is 9.64 Å². The third kappa shape index (κ3) is 4.75. The van der Waals surface area contributed by atoms with Gasteiger partial charge in [0, 0.05) is 17.7 Å². The van der Waals surface area contributed by atoms with E-state index in [0.29, 0.717) is 17.1 Å². The number of aromatic nitrogens is 2. The van der Waals surface area contributed by atoms with Crippen molar-refractivity contribution in [1.82, 2.24) is 15.1 Å². The van der Waals surface area contributed by atoms with Crippen molar-refractivity contribution in [3.63, 3.8) is 0 Å². The Hall–Kier alpha value is -3.10. The Morgan fingerprint density at radius 1 is 1.19 bits per heavy atom. The average molecular weight is 360 g/mol. The van der Waals surface area contributed by atoms with Crippen LogP contribution >= 0.6 is 0 Å². The number of benzene rings is 2. The highest BCUT2D eigenvalue weighted by Gasteiger charge is 2.13. The van der Waals surface area contributed by atoms with Crippen molar-refractivity contribution in [3.8, 4) is 28.8 Å². The van der Waals surface area contributed by atoms with Crippen LogP contribution in [0.1, 0.15) is 30.9 Å². The molecule has 1 aromatic heterocycles. The number of hydrogen-bond donors (Lipinski definition) is 1. The Morgan fingerprint density at radius 2 is 2.00 bits per heavy atom. The lowest BCUT2D eigenvalue weighted by molar-refractivity contribution is 0.321. The molecule has 0 amide bonds. The molecule has 0 fully saturated rings.